The van der Waals surface area contributed by atoms with Crippen molar-refractivity contribution in [2.24, 2.45) is 0 Å². The summed E-state index contributed by atoms with van der Waals surface area (Å²) in [6.07, 6.45) is 0. The van der Waals surface area contributed by atoms with E-state index in [2.05, 4.69) is 5.32 Å². The Kier molecular flexibility index (Phi) is 4.86. The number of carboxylic acids is 1. The maximum absolute atomic E-state index is 14.1. The maximum Gasteiger partial charge on any atom is 0.352 e. The van der Waals surface area contributed by atoms with Crippen LogP contribution in [0.15, 0.2) is 48.5 Å². The number of aromatic nitrogens is 1. The Morgan fingerprint density at radius 3 is 2.52 bits per heavy atom. The number of nitrogens with one attached hydrogen (secondary N) is 1. The van der Waals surface area contributed by atoms with Gasteiger partial charge in [0.2, 0.25) is 0 Å². The van der Waals surface area contributed by atoms with Gasteiger partial charge in [-0.25, -0.2) is 9.18 Å². The highest BCUT2D eigenvalue weighted by molar-refractivity contribution is 5.98. The van der Waals surface area contributed by atoms with Gasteiger partial charge in [0.15, 0.2) is 0 Å². The fourth-order valence-electron chi connectivity index (χ4n) is 3.07. The van der Waals surface area contributed by atoms with Crippen molar-refractivity contribution in [3.63, 3.8) is 0 Å². The van der Waals surface area contributed by atoms with Crippen LogP contribution >= 0.6 is 0 Å². The molecule has 2 aromatic carbocycles. The molecule has 2 N–H and O–H groups in total. The number of hydrogen-bond acceptors (Lipinski definition) is 2. The summed E-state index contributed by atoms with van der Waals surface area (Å²) in [5.74, 6) is -1.34. The number of para-hydroxylation sites is 1. The minimum absolute atomic E-state index is 0.177. The van der Waals surface area contributed by atoms with Gasteiger partial charge in [-0.3, -0.25) is 0 Å². The summed E-state index contributed by atoms with van der Waals surface area (Å²) in [7, 11) is 0. The highest BCUT2D eigenvalue weighted by Crippen LogP contribution is 2.28. The number of carbonyl (C=O) groups is 1. The third kappa shape index (κ3) is 3.42. The van der Waals surface area contributed by atoms with E-state index in [4.69, 9.17) is 0 Å². The Morgan fingerprint density at radius 1 is 1.16 bits per heavy atom. The monoisotopic (exact) mass is 340 g/mol. The van der Waals surface area contributed by atoms with Crippen LogP contribution < -0.4 is 5.32 Å². The van der Waals surface area contributed by atoms with E-state index in [9.17, 15) is 14.3 Å². The molecule has 0 fully saturated rings. The van der Waals surface area contributed by atoms with E-state index in [1.54, 1.807) is 22.8 Å². The topological polar surface area (TPSA) is 54.3 Å². The first-order valence-corrected chi connectivity index (χ1v) is 8.29. The van der Waals surface area contributed by atoms with Crippen LogP contribution in [0.5, 0.6) is 0 Å². The first-order valence-electron chi connectivity index (χ1n) is 8.29. The molecule has 3 aromatic rings. The number of rotatable bonds is 6. The average molecular weight is 340 g/mol. The van der Waals surface area contributed by atoms with Gasteiger partial charge in [0.25, 0.3) is 0 Å². The van der Waals surface area contributed by atoms with Crippen LogP contribution in [0.2, 0.25) is 0 Å². The molecule has 0 unspecified atom stereocenters. The van der Waals surface area contributed by atoms with E-state index < -0.39 is 5.97 Å². The molecule has 0 amide bonds. The molecule has 0 aliphatic carbocycles. The van der Waals surface area contributed by atoms with E-state index in [0.29, 0.717) is 12.1 Å². The van der Waals surface area contributed by atoms with Crippen molar-refractivity contribution in [3.05, 3.63) is 71.2 Å². The van der Waals surface area contributed by atoms with Crippen molar-refractivity contribution in [3.8, 4) is 0 Å². The second-order valence-corrected chi connectivity index (χ2v) is 6.36. The van der Waals surface area contributed by atoms with Gasteiger partial charge in [0, 0.05) is 34.6 Å². The molecular weight excluding hydrogens is 319 g/mol. The summed E-state index contributed by atoms with van der Waals surface area (Å²) in [5, 5.41) is 14.0. The molecule has 0 atom stereocenters. The van der Waals surface area contributed by atoms with Gasteiger partial charge in [-0.05, 0) is 12.1 Å². The second-order valence-electron chi connectivity index (χ2n) is 6.36. The number of carboxylic acid groups (broad SMARTS) is 1. The van der Waals surface area contributed by atoms with E-state index in [1.165, 1.54) is 6.07 Å². The molecule has 3 rings (SSSR count). The predicted octanol–water partition coefficient (Wildman–Crippen LogP) is 4.02. The molecule has 5 heteroatoms. The smallest absolute Gasteiger partial charge is 0.352 e. The molecule has 0 spiro atoms. The molecule has 0 radical (unpaired) electrons. The lowest BCUT2D eigenvalue weighted by Gasteiger charge is -2.11. The third-order valence-corrected chi connectivity index (χ3v) is 4.25. The lowest BCUT2D eigenvalue weighted by atomic mass is 10.1. The Labute approximate surface area is 145 Å². The van der Waals surface area contributed by atoms with E-state index in [-0.39, 0.29) is 24.1 Å². The molecule has 4 nitrogen and oxygen atoms in total. The van der Waals surface area contributed by atoms with Crippen LogP contribution in [0.25, 0.3) is 10.9 Å². The summed E-state index contributed by atoms with van der Waals surface area (Å²) in [4.78, 5) is 12.0. The third-order valence-electron chi connectivity index (χ3n) is 4.25. The Hall–Kier alpha value is -2.66. The fraction of sp³-hybridized carbons (Fsp3) is 0.250. The average Bonchev–Trinajstić information content (AvgIpc) is 2.89. The van der Waals surface area contributed by atoms with Crippen molar-refractivity contribution in [1.29, 1.82) is 0 Å². The van der Waals surface area contributed by atoms with Gasteiger partial charge in [-0.2, -0.15) is 0 Å². The molecule has 0 aliphatic rings. The van der Waals surface area contributed by atoms with Crippen LogP contribution in [0.3, 0.4) is 0 Å². The van der Waals surface area contributed by atoms with Crippen LogP contribution in [0.4, 0.5) is 4.39 Å². The van der Waals surface area contributed by atoms with Gasteiger partial charge in [-0.15, -0.1) is 0 Å². The van der Waals surface area contributed by atoms with Crippen molar-refractivity contribution < 1.29 is 14.3 Å². The van der Waals surface area contributed by atoms with Gasteiger partial charge in [-0.1, -0.05) is 50.2 Å². The van der Waals surface area contributed by atoms with Gasteiger partial charge >= 0.3 is 5.97 Å². The Morgan fingerprint density at radius 2 is 1.84 bits per heavy atom. The SMILES string of the molecule is CC(C)NCc1c(C(=O)O)n(Cc2ccccc2F)c2ccccc12. The zero-order valence-corrected chi connectivity index (χ0v) is 14.3. The van der Waals surface area contributed by atoms with Crippen molar-refractivity contribution in [2.45, 2.75) is 33.0 Å². The molecule has 1 heterocycles. The quantitative estimate of drug-likeness (QED) is 0.712. The van der Waals surface area contributed by atoms with Crippen molar-refractivity contribution >= 4 is 16.9 Å². The number of fused-ring (bicyclic) bond motifs is 1. The minimum Gasteiger partial charge on any atom is -0.477 e. The lowest BCUT2D eigenvalue weighted by molar-refractivity contribution is 0.0684. The first-order chi connectivity index (χ1) is 12.0. The second kappa shape index (κ2) is 7.07. The van der Waals surface area contributed by atoms with Gasteiger partial charge in [0.05, 0.1) is 6.54 Å². The molecule has 130 valence electrons. The fourth-order valence-corrected chi connectivity index (χ4v) is 3.07. The number of aromatic carboxylic acids is 1. The maximum atomic E-state index is 14.1. The molecule has 0 bridgehead atoms. The zero-order chi connectivity index (χ0) is 18.0. The molecular formula is C20H21FN2O2. The summed E-state index contributed by atoms with van der Waals surface area (Å²) in [6, 6.07) is 14.2. The van der Waals surface area contributed by atoms with Crippen LogP contribution in [-0.4, -0.2) is 21.7 Å². The zero-order valence-electron chi connectivity index (χ0n) is 14.3. The summed E-state index contributed by atoms with van der Waals surface area (Å²) >= 11 is 0. The highest BCUT2D eigenvalue weighted by Gasteiger charge is 2.22. The van der Waals surface area contributed by atoms with Crippen molar-refractivity contribution in [2.75, 3.05) is 0 Å². The predicted molar refractivity (Wildman–Crippen MR) is 96.4 cm³/mol. The summed E-state index contributed by atoms with van der Waals surface area (Å²) < 4.78 is 15.8. The first kappa shape index (κ1) is 17.2. The standard InChI is InChI=1S/C20H21FN2O2/c1-13(2)22-11-16-15-8-4-6-10-18(15)23(19(16)20(24)25)12-14-7-3-5-9-17(14)21/h3-10,13,22H,11-12H2,1-2H3,(H,24,25). The molecule has 1 aromatic heterocycles. The molecule has 0 saturated heterocycles. The van der Waals surface area contributed by atoms with Gasteiger partial charge < -0.3 is 15.0 Å². The molecule has 0 aliphatic heterocycles. The van der Waals surface area contributed by atoms with E-state index in [1.807, 2.05) is 38.1 Å². The van der Waals surface area contributed by atoms with Crippen LogP contribution in [-0.2, 0) is 13.1 Å². The Balaban J connectivity index is 2.18. The largest absolute Gasteiger partial charge is 0.477 e. The normalized spacial score (nSPS) is 11.4. The molecule has 0 saturated carbocycles. The highest BCUT2D eigenvalue weighted by atomic mass is 19.1. The molecule has 25 heavy (non-hydrogen) atoms. The number of hydrogen-bond donors (Lipinski definition) is 2. The summed E-state index contributed by atoms with van der Waals surface area (Å²) in [5.41, 5.74) is 2.20. The minimum atomic E-state index is -1.01. The number of benzene rings is 2. The van der Waals surface area contributed by atoms with Crippen LogP contribution in [0.1, 0.15) is 35.5 Å². The van der Waals surface area contributed by atoms with Crippen LogP contribution in [0, 0.1) is 5.82 Å². The summed E-state index contributed by atoms with van der Waals surface area (Å²) in [6.45, 7) is 4.65. The van der Waals surface area contributed by atoms with Gasteiger partial charge in [0.1, 0.15) is 11.5 Å². The van der Waals surface area contributed by atoms with E-state index in [0.717, 1.165) is 16.5 Å². The number of halogens is 1. The van der Waals surface area contributed by atoms with Crippen molar-refractivity contribution in [1.82, 2.24) is 9.88 Å². The Bertz CT molecular complexity index is 915. The number of nitrogens with zero attached hydrogens (tertiary/aromatic N) is 1. The van der Waals surface area contributed by atoms with E-state index >= 15 is 0 Å². The lowest BCUT2D eigenvalue weighted by Crippen LogP contribution is -2.23.